The summed E-state index contributed by atoms with van der Waals surface area (Å²) in [5, 5.41) is 11.2. The summed E-state index contributed by atoms with van der Waals surface area (Å²) in [6.45, 7) is 2.20. The van der Waals surface area contributed by atoms with Gasteiger partial charge in [-0.3, -0.25) is 4.79 Å². The van der Waals surface area contributed by atoms with Gasteiger partial charge in [0.15, 0.2) is 5.17 Å². The van der Waals surface area contributed by atoms with E-state index in [1.807, 2.05) is 0 Å². The van der Waals surface area contributed by atoms with Crippen molar-refractivity contribution in [1.29, 1.82) is 0 Å². The predicted molar refractivity (Wildman–Crippen MR) is 86.6 cm³/mol. The summed E-state index contributed by atoms with van der Waals surface area (Å²) in [4.78, 5) is 11.8. The van der Waals surface area contributed by atoms with Crippen LogP contribution in [0.1, 0.15) is 51.2 Å². The van der Waals surface area contributed by atoms with Gasteiger partial charge in [0.2, 0.25) is 5.91 Å². The molecular weight excluding hydrogens is 286 g/mol. The molecule has 0 aromatic carbocycles. The molecule has 0 bridgehead atoms. The van der Waals surface area contributed by atoms with Crippen molar-refractivity contribution < 1.29 is 9.21 Å². The van der Waals surface area contributed by atoms with Crippen molar-refractivity contribution in [3.05, 3.63) is 24.2 Å². The molecule has 5 nitrogen and oxygen atoms in total. The molecule has 0 radical (unpaired) electrons. The third kappa shape index (κ3) is 5.38. The van der Waals surface area contributed by atoms with Gasteiger partial charge in [0.05, 0.1) is 17.7 Å². The average Bonchev–Trinajstić information content (AvgIpc) is 3.09. The standard InChI is InChI=1S/C15H21N3O2S/c1-2-3-4-5-6-9-13-14(19)17-15(21-13)18-16-11-12-8-7-10-20-12/h7-8,10-11,13H,2-6,9H2,1H3,(H,17,18,19)/b16-11-/t13-/m1/s1. The summed E-state index contributed by atoms with van der Waals surface area (Å²) in [7, 11) is 0. The zero-order chi connectivity index (χ0) is 14.9. The van der Waals surface area contributed by atoms with Crippen LogP contribution in [0.25, 0.3) is 0 Å². The first-order valence-corrected chi connectivity index (χ1v) is 8.29. The van der Waals surface area contributed by atoms with Gasteiger partial charge in [-0.05, 0) is 18.6 Å². The van der Waals surface area contributed by atoms with E-state index in [0.717, 1.165) is 12.8 Å². The Kier molecular flexibility index (Phi) is 6.53. The van der Waals surface area contributed by atoms with Crippen LogP contribution in [0.5, 0.6) is 0 Å². The third-order valence-electron chi connectivity index (χ3n) is 3.22. The van der Waals surface area contributed by atoms with Crippen molar-refractivity contribution in [2.24, 2.45) is 10.2 Å². The Morgan fingerprint density at radius 2 is 2.24 bits per heavy atom. The zero-order valence-electron chi connectivity index (χ0n) is 12.2. The van der Waals surface area contributed by atoms with Crippen LogP contribution in [0.4, 0.5) is 0 Å². The molecule has 0 saturated carbocycles. The molecule has 1 atom stereocenters. The Labute approximate surface area is 129 Å². The van der Waals surface area contributed by atoms with Crippen molar-refractivity contribution in [2.45, 2.75) is 50.7 Å². The molecule has 1 aliphatic rings. The van der Waals surface area contributed by atoms with Gasteiger partial charge in [-0.2, -0.15) is 5.10 Å². The van der Waals surface area contributed by atoms with E-state index < -0.39 is 0 Å². The first-order chi connectivity index (χ1) is 10.3. The molecule has 0 spiro atoms. The number of amides is 1. The van der Waals surface area contributed by atoms with Gasteiger partial charge < -0.3 is 9.73 Å². The molecule has 0 unspecified atom stereocenters. The monoisotopic (exact) mass is 307 g/mol. The maximum atomic E-state index is 11.8. The van der Waals surface area contributed by atoms with Crippen LogP contribution >= 0.6 is 11.8 Å². The molecule has 21 heavy (non-hydrogen) atoms. The summed E-state index contributed by atoms with van der Waals surface area (Å²) < 4.78 is 5.11. The largest absolute Gasteiger partial charge is 0.463 e. The minimum Gasteiger partial charge on any atom is -0.463 e. The lowest BCUT2D eigenvalue weighted by molar-refractivity contribution is -0.118. The van der Waals surface area contributed by atoms with Gasteiger partial charge in [-0.1, -0.05) is 50.8 Å². The Morgan fingerprint density at radius 1 is 1.38 bits per heavy atom. The third-order valence-corrected chi connectivity index (χ3v) is 4.36. The molecule has 1 aliphatic heterocycles. The predicted octanol–water partition coefficient (Wildman–Crippen LogP) is 3.56. The molecule has 2 rings (SSSR count). The SMILES string of the molecule is CCCCCCC[C@H]1S/C(=N\N=C/c2ccco2)NC1=O. The number of unbranched alkanes of at least 4 members (excludes halogenated alkanes) is 4. The van der Waals surface area contributed by atoms with E-state index in [0.29, 0.717) is 10.9 Å². The van der Waals surface area contributed by atoms with Gasteiger partial charge >= 0.3 is 0 Å². The van der Waals surface area contributed by atoms with Gasteiger partial charge in [0.1, 0.15) is 5.76 Å². The van der Waals surface area contributed by atoms with Crippen molar-refractivity contribution in [3.8, 4) is 0 Å². The Balaban J connectivity index is 1.74. The van der Waals surface area contributed by atoms with Crippen LogP contribution in [-0.4, -0.2) is 22.5 Å². The number of carbonyl (C=O) groups is 1. The van der Waals surface area contributed by atoms with Gasteiger partial charge in [-0.15, -0.1) is 5.10 Å². The number of amidine groups is 1. The second kappa shape index (κ2) is 8.67. The number of nitrogens with zero attached hydrogens (tertiary/aromatic N) is 2. The summed E-state index contributed by atoms with van der Waals surface area (Å²) in [6.07, 6.45) is 10.1. The fourth-order valence-corrected chi connectivity index (χ4v) is 3.05. The number of hydrogen-bond acceptors (Lipinski definition) is 5. The highest BCUT2D eigenvalue weighted by Gasteiger charge is 2.29. The topological polar surface area (TPSA) is 67.0 Å². The van der Waals surface area contributed by atoms with Gasteiger partial charge in [-0.25, -0.2) is 0 Å². The molecule has 1 saturated heterocycles. The first-order valence-electron chi connectivity index (χ1n) is 7.41. The Bertz CT molecular complexity index is 497. The highest BCUT2D eigenvalue weighted by Crippen LogP contribution is 2.24. The molecule has 1 N–H and O–H groups in total. The number of rotatable bonds is 8. The van der Waals surface area contributed by atoms with E-state index in [4.69, 9.17) is 4.42 Å². The maximum Gasteiger partial charge on any atom is 0.239 e. The minimum absolute atomic E-state index is 0.0239. The maximum absolute atomic E-state index is 11.8. The van der Waals surface area contributed by atoms with Crippen LogP contribution in [-0.2, 0) is 4.79 Å². The van der Waals surface area contributed by atoms with E-state index in [2.05, 4.69) is 22.4 Å². The van der Waals surface area contributed by atoms with Crippen LogP contribution in [0.15, 0.2) is 33.0 Å². The molecule has 6 heteroatoms. The van der Waals surface area contributed by atoms with E-state index in [9.17, 15) is 4.79 Å². The van der Waals surface area contributed by atoms with Crippen molar-refractivity contribution in [1.82, 2.24) is 5.32 Å². The lowest BCUT2D eigenvalue weighted by Crippen LogP contribution is -2.24. The molecule has 114 valence electrons. The van der Waals surface area contributed by atoms with Crippen molar-refractivity contribution in [2.75, 3.05) is 0 Å². The van der Waals surface area contributed by atoms with E-state index in [-0.39, 0.29) is 11.2 Å². The minimum atomic E-state index is -0.0239. The smallest absolute Gasteiger partial charge is 0.239 e. The summed E-state index contributed by atoms with van der Waals surface area (Å²) >= 11 is 1.46. The second-order valence-electron chi connectivity index (χ2n) is 4.96. The molecular formula is C15H21N3O2S. The summed E-state index contributed by atoms with van der Waals surface area (Å²) in [5.74, 6) is 0.684. The number of thioether (sulfide) groups is 1. The van der Waals surface area contributed by atoms with Crippen molar-refractivity contribution >= 4 is 29.1 Å². The molecule has 1 fully saturated rings. The van der Waals surface area contributed by atoms with Gasteiger partial charge in [0, 0.05) is 0 Å². The van der Waals surface area contributed by atoms with Crippen LogP contribution in [0.3, 0.4) is 0 Å². The fourth-order valence-electron chi connectivity index (χ4n) is 2.08. The molecule has 1 aromatic rings. The van der Waals surface area contributed by atoms with E-state index >= 15 is 0 Å². The van der Waals surface area contributed by atoms with Crippen LogP contribution in [0.2, 0.25) is 0 Å². The highest BCUT2D eigenvalue weighted by atomic mass is 32.2. The number of furan rings is 1. The van der Waals surface area contributed by atoms with Crippen LogP contribution in [0, 0.1) is 0 Å². The summed E-state index contributed by atoms with van der Waals surface area (Å²) in [5.41, 5.74) is 0. The van der Waals surface area contributed by atoms with Crippen molar-refractivity contribution in [3.63, 3.8) is 0 Å². The second-order valence-corrected chi connectivity index (χ2v) is 6.16. The average molecular weight is 307 g/mol. The normalized spacial score (nSPS) is 20.5. The Hall–Kier alpha value is -1.56. The zero-order valence-corrected chi connectivity index (χ0v) is 13.1. The fraction of sp³-hybridized carbons (Fsp3) is 0.533. The molecule has 0 aliphatic carbocycles. The van der Waals surface area contributed by atoms with Gasteiger partial charge in [0.25, 0.3) is 0 Å². The first kappa shape index (κ1) is 15.8. The quantitative estimate of drug-likeness (QED) is 0.453. The Morgan fingerprint density at radius 3 is 3.00 bits per heavy atom. The molecule has 1 amide bonds. The lowest BCUT2D eigenvalue weighted by atomic mass is 10.1. The molecule has 1 aromatic heterocycles. The summed E-state index contributed by atoms with van der Waals surface area (Å²) in [6, 6.07) is 3.58. The van der Waals surface area contributed by atoms with E-state index in [1.165, 1.54) is 43.7 Å². The number of hydrogen-bond donors (Lipinski definition) is 1. The van der Waals surface area contributed by atoms with Crippen LogP contribution < -0.4 is 5.32 Å². The highest BCUT2D eigenvalue weighted by molar-refractivity contribution is 8.15. The molecule has 2 heterocycles. The van der Waals surface area contributed by atoms with E-state index in [1.54, 1.807) is 18.4 Å². The number of carbonyl (C=O) groups excluding carboxylic acids is 1. The number of nitrogens with one attached hydrogen (secondary N) is 1. The lowest BCUT2D eigenvalue weighted by Gasteiger charge is -2.04.